The standard InChI is InChI=1S/C64H42N2O/c1-3-13-43(14-4-1)46-23-31-52(32-24-46)65(54-35-28-48(29-36-54)58-41-51(44-15-5-2-6-16-44)42-60-57-20-10-12-22-63(57)67-64(58)60)53-33-25-47(26-34-53)50-30-38-62-59(40-50)56-19-9-11-21-61(56)66(62)55-37-27-45-17-7-8-18-49(45)39-55/h1-42H. The van der Waals surface area contributed by atoms with Crippen LogP contribution < -0.4 is 4.90 Å². The molecule has 0 fully saturated rings. The van der Waals surface area contributed by atoms with E-state index in [4.69, 9.17) is 4.42 Å². The molecule has 0 atom stereocenters. The molecule has 0 aliphatic rings. The van der Waals surface area contributed by atoms with E-state index < -0.39 is 0 Å². The van der Waals surface area contributed by atoms with Crippen molar-refractivity contribution in [1.29, 1.82) is 0 Å². The summed E-state index contributed by atoms with van der Waals surface area (Å²) in [6.45, 7) is 0. The van der Waals surface area contributed by atoms with E-state index in [2.05, 4.69) is 258 Å². The van der Waals surface area contributed by atoms with Gasteiger partial charge in [0.25, 0.3) is 0 Å². The maximum absolute atomic E-state index is 6.61. The predicted molar refractivity (Wildman–Crippen MR) is 282 cm³/mol. The molecule has 3 nitrogen and oxygen atoms in total. The van der Waals surface area contributed by atoms with Gasteiger partial charge in [-0.3, -0.25) is 0 Å². The number of hydrogen-bond acceptors (Lipinski definition) is 2. The fourth-order valence-corrected chi connectivity index (χ4v) is 10.1. The average molecular weight is 855 g/mol. The van der Waals surface area contributed by atoms with Crippen molar-refractivity contribution >= 4 is 71.6 Å². The normalized spacial score (nSPS) is 11.6. The van der Waals surface area contributed by atoms with Crippen LogP contribution in [0.25, 0.3) is 105 Å². The summed E-state index contributed by atoms with van der Waals surface area (Å²) >= 11 is 0. The summed E-state index contributed by atoms with van der Waals surface area (Å²) in [6, 6.07) is 91.8. The van der Waals surface area contributed by atoms with Crippen LogP contribution in [0, 0.1) is 0 Å². The van der Waals surface area contributed by atoms with Gasteiger partial charge in [0.05, 0.1) is 11.0 Å². The summed E-state index contributed by atoms with van der Waals surface area (Å²) in [5.74, 6) is 0. The Morgan fingerprint density at radius 3 is 1.51 bits per heavy atom. The molecule has 0 bridgehead atoms. The molecule has 67 heavy (non-hydrogen) atoms. The van der Waals surface area contributed by atoms with Gasteiger partial charge in [0.2, 0.25) is 0 Å². The number of furan rings is 1. The molecule has 314 valence electrons. The summed E-state index contributed by atoms with van der Waals surface area (Å²) < 4.78 is 9.01. The third kappa shape index (κ3) is 6.76. The van der Waals surface area contributed by atoms with Crippen LogP contribution in [0.15, 0.2) is 259 Å². The predicted octanol–water partition coefficient (Wildman–Crippen LogP) is 18.0. The number of fused-ring (bicyclic) bond motifs is 7. The third-order valence-electron chi connectivity index (χ3n) is 13.4. The lowest BCUT2D eigenvalue weighted by Gasteiger charge is -2.26. The van der Waals surface area contributed by atoms with Crippen molar-refractivity contribution in [3.63, 3.8) is 0 Å². The van der Waals surface area contributed by atoms with Gasteiger partial charge in [0.1, 0.15) is 11.2 Å². The van der Waals surface area contributed by atoms with Crippen molar-refractivity contribution in [2.45, 2.75) is 0 Å². The fraction of sp³-hybridized carbons (Fsp3) is 0. The number of benzene rings is 11. The summed E-state index contributed by atoms with van der Waals surface area (Å²) in [7, 11) is 0. The maximum atomic E-state index is 6.61. The zero-order chi connectivity index (χ0) is 44.3. The largest absolute Gasteiger partial charge is 0.455 e. The number of nitrogens with zero attached hydrogens (tertiary/aromatic N) is 2. The zero-order valence-corrected chi connectivity index (χ0v) is 36.6. The van der Waals surface area contributed by atoms with E-state index in [1.807, 2.05) is 6.07 Å². The van der Waals surface area contributed by atoms with E-state index in [-0.39, 0.29) is 0 Å². The fourth-order valence-electron chi connectivity index (χ4n) is 10.1. The molecule has 0 unspecified atom stereocenters. The van der Waals surface area contributed by atoms with E-state index in [0.29, 0.717) is 0 Å². The quantitative estimate of drug-likeness (QED) is 0.152. The van der Waals surface area contributed by atoms with Crippen molar-refractivity contribution in [1.82, 2.24) is 4.57 Å². The molecule has 13 aromatic rings. The van der Waals surface area contributed by atoms with Crippen molar-refractivity contribution < 1.29 is 4.42 Å². The van der Waals surface area contributed by atoms with Crippen molar-refractivity contribution in [2.24, 2.45) is 0 Å². The molecule has 0 aliphatic carbocycles. The highest BCUT2D eigenvalue weighted by Gasteiger charge is 2.19. The Kier molecular flexibility index (Phi) is 9.17. The molecule has 2 heterocycles. The van der Waals surface area contributed by atoms with Gasteiger partial charge in [0, 0.05) is 49.9 Å². The zero-order valence-electron chi connectivity index (χ0n) is 36.6. The first-order chi connectivity index (χ1) is 33.2. The lowest BCUT2D eigenvalue weighted by molar-refractivity contribution is 0.670. The van der Waals surface area contributed by atoms with Gasteiger partial charge in [-0.25, -0.2) is 0 Å². The van der Waals surface area contributed by atoms with E-state index in [1.165, 1.54) is 54.8 Å². The van der Waals surface area contributed by atoms with Crippen molar-refractivity contribution in [2.75, 3.05) is 4.90 Å². The van der Waals surface area contributed by atoms with Crippen molar-refractivity contribution in [3.05, 3.63) is 255 Å². The molecule has 3 heteroatoms. The molecule has 0 N–H and O–H groups in total. The number of hydrogen-bond donors (Lipinski definition) is 0. The molecular formula is C64H42N2O. The Hall–Kier alpha value is -8.92. The van der Waals surface area contributed by atoms with E-state index in [0.717, 1.165) is 66.9 Å². The van der Waals surface area contributed by atoms with Crippen LogP contribution in [0.4, 0.5) is 17.1 Å². The second-order valence-electron chi connectivity index (χ2n) is 17.3. The monoisotopic (exact) mass is 854 g/mol. The summed E-state index contributed by atoms with van der Waals surface area (Å²) in [5, 5.41) is 7.19. The number of aromatic nitrogens is 1. The van der Waals surface area contributed by atoms with Gasteiger partial charge in [0.15, 0.2) is 0 Å². The summed E-state index contributed by atoms with van der Waals surface area (Å²) in [6.07, 6.45) is 0. The highest BCUT2D eigenvalue weighted by atomic mass is 16.3. The summed E-state index contributed by atoms with van der Waals surface area (Å²) in [4.78, 5) is 2.35. The van der Waals surface area contributed by atoms with Crippen LogP contribution in [-0.2, 0) is 0 Å². The number of para-hydroxylation sites is 2. The minimum absolute atomic E-state index is 0.891. The van der Waals surface area contributed by atoms with Crippen molar-refractivity contribution in [3.8, 4) is 50.2 Å². The Bertz CT molecular complexity index is 3940. The van der Waals surface area contributed by atoms with Gasteiger partial charge in [-0.1, -0.05) is 170 Å². The maximum Gasteiger partial charge on any atom is 0.143 e. The van der Waals surface area contributed by atoms with E-state index in [9.17, 15) is 0 Å². The molecular weight excluding hydrogens is 813 g/mol. The molecule has 0 aliphatic heterocycles. The van der Waals surface area contributed by atoms with Gasteiger partial charge in [-0.05, 0) is 135 Å². The Morgan fingerprint density at radius 1 is 0.299 bits per heavy atom. The highest BCUT2D eigenvalue weighted by Crippen LogP contribution is 2.43. The Balaban J connectivity index is 0.895. The van der Waals surface area contributed by atoms with Gasteiger partial charge in [-0.2, -0.15) is 0 Å². The third-order valence-corrected chi connectivity index (χ3v) is 13.4. The van der Waals surface area contributed by atoms with Crippen LogP contribution in [0.5, 0.6) is 0 Å². The van der Waals surface area contributed by atoms with Crippen LogP contribution in [0.1, 0.15) is 0 Å². The number of anilines is 3. The molecule has 0 saturated carbocycles. The molecule has 13 rings (SSSR count). The average Bonchev–Trinajstić information content (AvgIpc) is 3.95. The minimum Gasteiger partial charge on any atom is -0.455 e. The smallest absolute Gasteiger partial charge is 0.143 e. The number of rotatable bonds is 8. The second-order valence-corrected chi connectivity index (χ2v) is 17.3. The molecule has 2 aromatic heterocycles. The van der Waals surface area contributed by atoms with E-state index in [1.54, 1.807) is 0 Å². The molecule has 0 saturated heterocycles. The first kappa shape index (κ1) is 38.5. The molecule has 0 radical (unpaired) electrons. The summed E-state index contributed by atoms with van der Waals surface area (Å²) in [5.41, 5.74) is 17.8. The lowest BCUT2D eigenvalue weighted by atomic mass is 9.95. The molecule has 11 aromatic carbocycles. The second kappa shape index (κ2) is 16.0. The lowest BCUT2D eigenvalue weighted by Crippen LogP contribution is -2.09. The minimum atomic E-state index is 0.891. The van der Waals surface area contributed by atoms with Crippen LogP contribution in [0.2, 0.25) is 0 Å². The first-order valence-corrected chi connectivity index (χ1v) is 22.9. The van der Waals surface area contributed by atoms with Crippen LogP contribution >= 0.6 is 0 Å². The van der Waals surface area contributed by atoms with Gasteiger partial charge >= 0.3 is 0 Å². The van der Waals surface area contributed by atoms with Crippen LogP contribution in [-0.4, -0.2) is 4.57 Å². The molecule has 0 amide bonds. The first-order valence-electron chi connectivity index (χ1n) is 22.9. The Morgan fingerprint density at radius 2 is 0.806 bits per heavy atom. The highest BCUT2D eigenvalue weighted by molar-refractivity contribution is 6.12. The van der Waals surface area contributed by atoms with E-state index >= 15 is 0 Å². The topological polar surface area (TPSA) is 21.3 Å². The van der Waals surface area contributed by atoms with Crippen LogP contribution in [0.3, 0.4) is 0 Å². The van der Waals surface area contributed by atoms with Gasteiger partial charge < -0.3 is 13.9 Å². The SMILES string of the molecule is c1ccc(-c2ccc(N(c3ccc(-c4ccc5c(c4)c4ccccc4n5-c4ccc5ccccc5c4)cc3)c3ccc(-c4cc(-c5ccccc5)cc5c4oc4ccccc45)cc3)cc2)cc1. The Labute approximate surface area is 388 Å². The van der Waals surface area contributed by atoms with Gasteiger partial charge in [-0.15, -0.1) is 0 Å². The molecule has 0 spiro atoms.